The fourth-order valence-corrected chi connectivity index (χ4v) is 4.27. The molecule has 3 rings (SSSR count). The van der Waals surface area contributed by atoms with Crippen molar-refractivity contribution in [3.8, 4) is 0 Å². The maximum atomic E-state index is 13.1. The van der Waals surface area contributed by atoms with Crippen molar-refractivity contribution in [1.29, 1.82) is 0 Å². The topological polar surface area (TPSA) is 73.5 Å². The molecule has 1 aromatic carbocycles. The van der Waals surface area contributed by atoms with Crippen LogP contribution in [0, 0.1) is 26.8 Å². The van der Waals surface area contributed by atoms with Gasteiger partial charge in [-0.3, -0.25) is 0 Å². The van der Waals surface area contributed by atoms with Crippen molar-refractivity contribution < 1.29 is 22.8 Å². The Bertz CT molecular complexity index is 757. The Kier molecular flexibility index (Phi) is 12.2. The lowest BCUT2D eigenvalue weighted by Gasteiger charge is -2.32. The van der Waals surface area contributed by atoms with E-state index in [4.69, 9.17) is 0 Å². The maximum Gasteiger partial charge on any atom is 0.418 e. The summed E-state index contributed by atoms with van der Waals surface area (Å²) < 4.78 is 39.4. The molecule has 0 spiro atoms. The molecule has 1 saturated carbocycles. The van der Waals surface area contributed by atoms with E-state index in [0.717, 1.165) is 37.8 Å². The minimum absolute atomic E-state index is 0. The van der Waals surface area contributed by atoms with Crippen LogP contribution < -0.4 is 16.0 Å². The number of nitrogens with zero attached hydrogens (tertiary/aromatic N) is 1. The fourth-order valence-electron chi connectivity index (χ4n) is 4.27. The Morgan fingerprint density at radius 3 is 2.12 bits per heavy atom. The Balaban J connectivity index is 0.00000289. The molecule has 0 bridgehead atoms. The molecule has 2 aliphatic rings. The summed E-state index contributed by atoms with van der Waals surface area (Å²) >= 11 is 0. The van der Waals surface area contributed by atoms with Gasteiger partial charge in [-0.15, -0.1) is 0 Å². The summed E-state index contributed by atoms with van der Waals surface area (Å²) in [5, 5.41) is 8.32. The highest BCUT2D eigenvalue weighted by Gasteiger charge is 2.34. The van der Waals surface area contributed by atoms with E-state index in [1.165, 1.54) is 42.4 Å². The number of urea groups is 2. The molecule has 1 heterocycles. The quantitative estimate of drug-likeness (QED) is 0.481. The molecule has 3 N–H and O–H groups in total. The average molecular weight is 482 g/mol. The van der Waals surface area contributed by atoms with Gasteiger partial charge in [0.05, 0.1) is 17.3 Å². The van der Waals surface area contributed by atoms with Crippen LogP contribution in [0.4, 0.5) is 28.4 Å². The number of alkyl halides is 3. The molecule has 2 fully saturated rings. The lowest BCUT2D eigenvalue weighted by Crippen LogP contribution is -2.45. The van der Waals surface area contributed by atoms with Crippen LogP contribution >= 0.6 is 0 Å². The molecule has 1 aliphatic carbocycles. The first-order chi connectivity index (χ1) is 15.3. The summed E-state index contributed by atoms with van der Waals surface area (Å²) in [5.74, 6) is 0.231. The number of halogens is 3. The van der Waals surface area contributed by atoms with Gasteiger partial charge in [-0.1, -0.05) is 59.1 Å². The molecule has 1 aromatic rings. The van der Waals surface area contributed by atoms with Crippen LogP contribution in [0.25, 0.3) is 0 Å². The largest absolute Gasteiger partial charge is 0.418 e. The number of piperidine rings is 1. The third-order valence-electron chi connectivity index (χ3n) is 6.17. The van der Waals surface area contributed by atoms with E-state index in [2.05, 4.69) is 16.0 Å². The molecule has 1 aliphatic heterocycles. The van der Waals surface area contributed by atoms with Crippen molar-refractivity contribution in [2.75, 3.05) is 25.0 Å². The number of amides is 4. The molecule has 189 valence electrons. The first-order valence-corrected chi connectivity index (χ1v) is 11.4. The van der Waals surface area contributed by atoms with Crippen LogP contribution in [0.3, 0.4) is 0 Å². The molecule has 34 heavy (non-hydrogen) atoms. The highest BCUT2D eigenvalue weighted by molar-refractivity contribution is 5.90. The summed E-state index contributed by atoms with van der Waals surface area (Å²) in [6, 6.07) is 5.35. The summed E-state index contributed by atoms with van der Waals surface area (Å²) in [6.45, 7) is 1.39. The summed E-state index contributed by atoms with van der Waals surface area (Å²) in [7, 11) is 0. The van der Waals surface area contributed by atoms with E-state index in [1.54, 1.807) is 0 Å². The van der Waals surface area contributed by atoms with Crippen molar-refractivity contribution in [3.05, 3.63) is 50.7 Å². The number of hydrogen-bond acceptors (Lipinski definition) is 2. The molecule has 4 amide bonds. The number of anilines is 1. The zero-order valence-corrected chi connectivity index (χ0v) is 19.7. The van der Waals surface area contributed by atoms with Crippen LogP contribution in [0.15, 0.2) is 24.3 Å². The van der Waals surface area contributed by atoms with Gasteiger partial charge in [0.2, 0.25) is 0 Å². The third-order valence-corrected chi connectivity index (χ3v) is 6.17. The SMILES string of the molecule is O=C(NCC1CCN(C(=O)Nc2ccccc2C(F)(F)F)CC1)N[C]1CCCCCCC1.[CH2].[CH2]. The Labute approximate surface area is 202 Å². The van der Waals surface area contributed by atoms with Gasteiger partial charge in [-0.25, -0.2) is 9.59 Å². The van der Waals surface area contributed by atoms with Gasteiger partial charge in [0.15, 0.2) is 0 Å². The Morgan fingerprint density at radius 2 is 1.50 bits per heavy atom. The van der Waals surface area contributed by atoms with Crippen molar-refractivity contribution >= 4 is 17.7 Å². The summed E-state index contributed by atoms with van der Waals surface area (Å²) in [4.78, 5) is 26.2. The molecule has 1 saturated heterocycles. The zero-order valence-electron chi connectivity index (χ0n) is 19.7. The molecule has 0 aromatic heterocycles. The maximum absolute atomic E-state index is 13.1. The van der Waals surface area contributed by atoms with Gasteiger partial charge in [-0.2, -0.15) is 13.2 Å². The number of carbonyl (C=O) groups excluding carboxylic acids is 2. The number of rotatable bonds is 4. The van der Waals surface area contributed by atoms with E-state index in [0.29, 0.717) is 32.5 Å². The number of para-hydroxylation sites is 1. The lowest BCUT2D eigenvalue weighted by atomic mass is 9.96. The normalized spacial score (nSPS) is 17.9. The van der Waals surface area contributed by atoms with Crippen molar-refractivity contribution in [2.45, 2.75) is 64.0 Å². The number of hydrogen-bond donors (Lipinski definition) is 3. The van der Waals surface area contributed by atoms with Crippen molar-refractivity contribution in [2.24, 2.45) is 5.92 Å². The highest BCUT2D eigenvalue weighted by Crippen LogP contribution is 2.34. The van der Waals surface area contributed by atoms with E-state index in [1.807, 2.05) is 0 Å². The molecular formula is C25H36F3N4O2. The van der Waals surface area contributed by atoms with Gasteiger partial charge in [0.1, 0.15) is 0 Å². The predicted molar refractivity (Wildman–Crippen MR) is 128 cm³/mol. The first kappa shape index (κ1) is 29.6. The van der Waals surface area contributed by atoms with E-state index in [9.17, 15) is 22.8 Å². The smallest absolute Gasteiger partial charge is 0.338 e. The molecule has 9 heteroatoms. The van der Waals surface area contributed by atoms with Crippen LogP contribution in [-0.2, 0) is 6.18 Å². The average Bonchev–Trinajstić information content (AvgIpc) is 2.74. The first-order valence-electron chi connectivity index (χ1n) is 11.4. The summed E-state index contributed by atoms with van der Waals surface area (Å²) in [5.41, 5.74) is -1.10. The Hall–Kier alpha value is -2.45. The van der Waals surface area contributed by atoms with Crippen LogP contribution in [0.2, 0.25) is 0 Å². The monoisotopic (exact) mass is 481 g/mol. The van der Waals surface area contributed by atoms with Gasteiger partial charge >= 0.3 is 18.2 Å². The second-order valence-electron chi connectivity index (χ2n) is 8.61. The van der Waals surface area contributed by atoms with Crippen molar-refractivity contribution in [1.82, 2.24) is 15.5 Å². The molecular weight excluding hydrogens is 445 g/mol. The zero-order chi connectivity index (χ0) is 23.0. The van der Waals surface area contributed by atoms with Crippen molar-refractivity contribution in [3.63, 3.8) is 0 Å². The predicted octanol–water partition coefficient (Wildman–Crippen LogP) is 6.18. The number of likely N-dealkylation sites (tertiary alicyclic amines) is 1. The molecule has 5 radical (unpaired) electrons. The van der Waals surface area contributed by atoms with Crippen LogP contribution in [0.1, 0.15) is 63.4 Å². The minimum Gasteiger partial charge on any atom is -0.338 e. The minimum atomic E-state index is -4.53. The lowest BCUT2D eigenvalue weighted by molar-refractivity contribution is -0.136. The van der Waals surface area contributed by atoms with E-state index < -0.39 is 17.8 Å². The number of nitrogens with one attached hydrogen (secondary N) is 3. The van der Waals surface area contributed by atoms with Gasteiger partial charge in [0.25, 0.3) is 0 Å². The second kappa shape index (κ2) is 14.1. The number of benzene rings is 1. The Morgan fingerprint density at radius 1 is 0.912 bits per heavy atom. The van der Waals surface area contributed by atoms with Gasteiger partial charge in [-0.05, 0) is 43.7 Å². The standard InChI is InChI=1S/C23H32F3N4O2.2CH2/c24-23(25,26)19-10-6-7-11-20(19)29-22(32)30-14-12-17(13-15-30)16-27-21(31)28-18-8-4-2-1-3-5-9-18;;/h6-7,10-11,17H,1-5,8-9,12-16H2,(H,29,32)(H2,27,28,31);2*1H2. The van der Waals surface area contributed by atoms with Gasteiger partial charge in [0, 0.05) is 19.6 Å². The second-order valence-corrected chi connectivity index (χ2v) is 8.61. The van der Waals surface area contributed by atoms with Gasteiger partial charge < -0.3 is 20.9 Å². The fraction of sp³-hybridized carbons (Fsp3) is 0.560. The molecule has 0 atom stereocenters. The molecule has 6 nitrogen and oxygen atoms in total. The third kappa shape index (κ3) is 9.06. The number of carbonyl (C=O) groups is 2. The summed E-state index contributed by atoms with van der Waals surface area (Å²) in [6.07, 6.45) is 4.64. The molecule has 0 unspecified atom stereocenters. The van der Waals surface area contributed by atoms with E-state index in [-0.39, 0.29) is 32.5 Å². The highest BCUT2D eigenvalue weighted by atomic mass is 19.4. The van der Waals surface area contributed by atoms with Crippen LogP contribution in [-0.4, -0.2) is 36.6 Å². The van der Waals surface area contributed by atoms with Crippen LogP contribution in [0.5, 0.6) is 0 Å². The van der Waals surface area contributed by atoms with E-state index >= 15 is 0 Å².